The van der Waals surface area contributed by atoms with Crippen LogP contribution in [0.15, 0.2) is 11.4 Å². The predicted octanol–water partition coefficient (Wildman–Crippen LogP) is 1.87. The summed E-state index contributed by atoms with van der Waals surface area (Å²) in [6.07, 6.45) is 1.50. The van der Waals surface area contributed by atoms with Crippen molar-refractivity contribution in [3.63, 3.8) is 0 Å². The minimum Gasteiger partial charge on any atom is -0.466 e. The number of hydrogen-bond acceptors (Lipinski definition) is 4. The maximum absolute atomic E-state index is 11.6. The normalized spacial score (nSPS) is 24.7. The third-order valence-corrected chi connectivity index (χ3v) is 3.73. The molecule has 1 aromatic heterocycles. The first-order valence-electron chi connectivity index (χ1n) is 5.20. The first-order valence-corrected chi connectivity index (χ1v) is 6.08. The molecule has 0 aromatic carbocycles. The van der Waals surface area contributed by atoms with Crippen molar-refractivity contribution < 1.29 is 9.53 Å². The van der Waals surface area contributed by atoms with Gasteiger partial charge in [-0.1, -0.05) is 0 Å². The van der Waals surface area contributed by atoms with Crippen molar-refractivity contribution in [1.29, 1.82) is 0 Å². The molecular weight excluding hydrogens is 210 g/mol. The fourth-order valence-electron chi connectivity index (χ4n) is 2.03. The van der Waals surface area contributed by atoms with E-state index in [-0.39, 0.29) is 17.9 Å². The molecule has 2 atom stereocenters. The third kappa shape index (κ3) is 2.06. The number of hydrogen-bond donors (Lipinski definition) is 1. The quantitative estimate of drug-likeness (QED) is 0.782. The van der Waals surface area contributed by atoms with E-state index in [0.717, 1.165) is 6.42 Å². The second-order valence-electron chi connectivity index (χ2n) is 3.79. The molecular formula is C11H15NO2S. The fraction of sp³-hybridized carbons (Fsp3) is 0.545. The van der Waals surface area contributed by atoms with Gasteiger partial charge in [0, 0.05) is 10.9 Å². The zero-order valence-electron chi connectivity index (χ0n) is 8.73. The Hall–Kier alpha value is -0.870. The molecule has 1 heterocycles. The van der Waals surface area contributed by atoms with Crippen LogP contribution in [0.3, 0.4) is 0 Å². The average molecular weight is 225 g/mol. The van der Waals surface area contributed by atoms with Crippen LogP contribution in [0.5, 0.6) is 0 Å². The van der Waals surface area contributed by atoms with Crippen LogP contribution in [0.2, 0.25) is 0 Å². The van der Waals surface area contributed by atoms with E-state index in [2.05, 4.69) is 6.07 Å². The molecule has 0 aliphatic heterocycles. The number of rotatable bonds is 2. The summed E-state index contributed by atoms with van der Waals surface area (Å²) < 4.78 is 5.03. The maximum atomic E-state index is 11.6. The van der Waals surface area contributed by atoms with Crippen molar-refractivity contribution in [3.05, 3.63) is 21.9 Å². The van der Waals surface area contributed by atoms with Gasteiger partial charge in [-0.3, -0.25) is 4.79 Å². The van der Waals surface area contributed by atoms with Crippen LogP contribution in [-0.4, -0.2) is 12.6 Å². The number of carbonyl (C=O) groups is 1. The lowest BCUT2D eigenvalue weighted by Crippen LogP contribution is -2.29. The van der Waals surface area contributed by atoms with Crippen molar-refractivity contribution in [2.75, 3.05) is 6.61 Å². The highest BCUT2D eigenvalue weighted by Crippen LogP contribution is 2.35. The van der Waals surface area contributed by atoms with E-state index in [1.165, 1.54) is 10.4 Å². The highest BCUT2D eigenvalue weighted by atomic mass is 32.1. The lowest BCUT2D eigenvalue weighted by molar-refractivity contribution is -0.148. The Morgan fingerprint density at radius 1 is 1.73 bits per heavy atom. The molecule has 2 rings (SSSR count). The van der Waals surface area contributed by atoms with Gasteiger partial charge in [0.15, 0.2) is 0 Å². The van der Waals surface area contributed by atoms with Crippen molar-refractivity contribution in [3.8, 4) is 0 Å². The van der Waals surface area contributed by atoms with Gasteiger partial charge in [-0.25, -0.2) is 0 Å². The Labute approximate surface area is 93.2 Å². The van der Waals surface area contributed by atoms with E-state index in [9.17, 15) is 4.79 Å². The van der Waals surface area contributed by atoms with Crippen molar-refractivity contribution in [2.45, 2.75) is 25.8 Å². The summed E-state index contributed by atoms with van der Waals surface area (Å²) >= 11 is 1.68. The monoisotopic (exact) mass is 225 g/mol. The second kappa shape index (κ2) is 4.33. The Balaban J connectivity index is 2.12. The molecule has 1 aromatic rings. The number of ether oxygens (including phenoxy) is 1. The summed E-state index contributed by atoms with van der Waals surface area (Å²) in [5.74, 6) is -0.155. The average Bonchev–Trinajstić information content (AvgIpc) is 2.66. The molecule has 2 unspecified atom stereocenters. The number of esters is 1. The second-order valence-corrected chi connectivity index (χ2v) is 4.80. The highest BCUT2D eigenvalue weighted by molar-refractivity contribution is 7.10. The van der Waals surface area contributed by atoms with Gasteiger partial charge in [0.25, 0.3) is 0 Å². The standard InChI is InChI=1S/C11H15NO2S/c1-2-14-11(13)7-5-9(12)8-3-4-15-10(8)6-7/h3-4,7,9H,2,5-6,12H2,1H3. The summed E-state index contributed by atoms with van der Waals surface area (Å²) in [4.78, 5) is 12.8. The summed E-state index contributed by atoms with van der Waals surface area (Å²) in [7, 11) is 0. The molecule has 2 N–H and O–H groups in total. The van der Waals surface area contributed by atoms with E-state index < -0.39 is 0 Å². The zero-order chi connectivity index (χ0) is 10.8. The lowest BCUT2D eigenvalue weighted by atomic mass is 9.86. The Morgan fingerprint density at radius 3 is 3.27 bits per heavy atom. The van der Waals surface area contributed by atoms with E-state index in [0.29, 0.717) is 13.0 Å². The minimum atomic E-state index is -0.105. The van der Waals surface area contributed by atoms with Crippen LogP contribution in [0.4, 0.5) is 0 Å². The van der Waals surface area contributed by atoms with E-state index >= 15 is 0 Å². The first-order chi connectivity index (χ1) is 7.22. The Bertz CT molecular complexity index is 361. The number of fused-ring (bicyclic) bond motifs is 1. The molecule has 4 heteroatoms. The van der Waals surface area contributed by atoms with Crippen molar-refractivity contribution in [2.24, 2.45) is 11.7 Å². The van der Waals surface area contributed by atoms with Gasteiger partial charge in [-0.05, 0) is 36.8 Å². The molecule has 0 radical (unpaired) electrons. The van der Waals surface area contributed by atoms with Gasteiger partial charge in [0.1, 0.15) is 0 Å². The van der Waals surface area contributed by atoms with E-state index in [1.54, 1.807) is 11.3 Å². The molecule has 0 bridgehead atoms. The molecule has 82 valence electrons. The van der Waals surface area contributed by atoms with Crippen molar-refractivity contribution in [1.82, 2.24) is 0 Å². The topological polar surface area (TPSA) is 52.3 Å². The maximum Gasteiger partial charge on any atom is 0.309 e. The molecule has 1 aliphatic rings. The largest absolute Gasteiger partial charge is 0.466 e. The first kappa shape index (κ1) is 10.6. The lowest BCUT2D eigenvalue weighted by Gasteiger charge is -2.25. The van der Waals surface area contributed by atoms with Gasteiger partial charge in [-0.2, -0.15) is 0 Å². The molecule has 0 amide bonds. The van der Waals surface area contributed by atoms with Crippen LogP contribution in [0.1, 0.15) is 29.8 Å². The van der Waals surface area contributed by atoms with Crippen LogP contribution < -0.4 is 5.73 Å². The van der Waals surface area contributed by atoms with E-state index in [4.69, 9.17) is 10.5 Å². The summed E-state index contributed by atoms with van der Waals surface area (Å²) in [5.41, 5.74) is 7.22. The van der Waals surface area contributed by atoms with Gasteiger partial charge in [0.05, 0.1) is 12.5 Å². The summed E-state index contributed by atoms with van der Waals surface area (Å²) in [6, 6.07) is 2.06. The van der Waals surface area contributed by atoms with Gasteiger partial charge in [-0.15, -0.1) is 11.3 Å². The van der Waals surface area contributed by atoms with Crippen molar-refractivity contribution >= 4 is 17.3 Å². The van der Waals surface area contributed by atoms with E-state index in [1.807, 2.05) is 12.3 Å². The highest BCUT2D eigenvalue weighted by Gasteiger charge is 2.30. The fourth-order valence-corrected chi connectivity index (χ4v) is 3.06. The zero-order valence-corrected chi connectivity index (χ0v) is 9.55. The number of thiophene rings is 1. The van der Waals surface area contributed by atoms with Crippen LogP contribution in [-0.2, 0) is 16.0 Å². The molecule has 15 heavy (non-hydrogen) atoms. The van der Waals surface area contributed by atoms with Crippen LogP contribution in [0.25, 0.3) is 0 Å². The Kier molecular flexibility index (Phi) is 3.07. The Morgan fingerprint density at radius 2 is 2.53 bits per heavy atom. The molecule has 0 saturated heterocycles. The van der Waals surface area contributed by atoms with Crippen LogP contribution >= 0.6 is 11.3 Å². The SMILES string of the molecule is CCOC(=O)C1Cc2sccc2C(N)C1. The molecule has 0 fully saturated rings. The predicted molar refractivity (Wildman–Crippen MR) is 59.7 cm³/mol. The molecule has 0 saturated carbocycles. The molecule has 3 nitrogen and oxygen atoms in total. The summed E-state index contributed by atoms with van der Waals surface area (Å²) in [5, 5.41) is 2.04. The number of nitrogens with two attached hydrogens (primary N) is 1. The van der Waals surface area contributed by atoms with Gasteiger partial charge >= 0.3 is 5.97 Å². The smallest absolute Gasteiger partial charge is 0.309 e. The van der Waals surface area contributed by atoms with Gasteiger partial charge < -0.3 is 10.5 Å². The minimum absolute atomic E-state index is 0.00518. The molecule has 1 aliphatic carbocycles. The third-order valence-electron chi connectivity index (χ3n) is 2.77. The van der Waals surface area contributed by atoms with Gasteiger partial charge in [0.2, 0.25) is 0 Å². The number of carbonyl (C=O) groups excluding carboxylic acids is 1. The summed E-state index contributed by atoms with van der Waals surface area (Å²) in [6.45, 7) is 2.28. The van der Waals surface area contributed by atoms with Crippen LogP contribution in [0, 0.1) is 5.92 Å². The molecule has 0 spiro atoms.